The second kappa shape index (κ2) is 8.88. The van der Waals surface area contributed by atoms with E-state index < -0.39 is 0 Å². The summed E-state index contributed by atoms with van der Waals surface area (Å²) in [6, 6.07) is 25.6. The van der Waals surface area contributed by atoms with Crippen molar-refractivity contribution in [3.05, 3.63) is 95.6 Å². The zero-order valence-corrected chi connectivity index (χ0v) is 18.1. The molecule has 7 heteroatoms. The fraction of sp³-hybridized carbons (Fsp3) is 0.160. The minimum absolute atomic E-state index is 0.0549. The highest BCUT2D eigenvalue weighted by Gasteiger charge is 2.29. The van der Waals surface area contributed by atoms with Crippen LogP contribution in [0.5, 0.6) is 5.75 Å². The molecule has 0 radical (unpaired) electrons. The van der Waals surface area contributed by atoms with Crippen LogP contribution in [0.3, 0.4) is 0 Å². The van der Waals surface area contributed by atoms with E-state index in [1.54, 1.807) is 18.2 Å². The summed E-state index contributed by atoms with van der Waals surface area (Å²) >= 11 is 1.30. The van der Waals surface area contributed by atoms with E-state index in [4.69, 9.17) is 0 Å². The first-order chi connectivity index (χ1) is 15.7. The lowest BCUT2D eigenvalue weighted by Crippen LogP contribution is -2.39. The first-order valence-electron chi connectivity index (χ1n) is 10.4. The van der Waals surface area contributed by atoms with Gasteiger partial charge in [-0.2, -0.15) is 0 Å². The number of amides is 1. The first kappa shape index (κ1) is 20.3. The number of benzene rings is 3. The topological polar surface area (TPSA) is 82.1 Å². The van der Waals surface area contributed by atoms with Crippen LogP contribution in [0.15, 0.2) is 84.0 Å². The van der Waals surface area contributed by atoms with Crippen molar-refractivity contribution in [2.24, 2.45) is 0 Å². The lowest BCUT2D eigenvalue weighted by molar-refractivity contribution is -0.129. The summed E-state index contributed by atoms with van der Waals surface area (Å²) in [6.45, 7) is 1.26. The van der Waals surface area contributed by atoms with Crippen LogP contribution < -0.4 is 0 Å². The van der Waals surface area contributed by atoms with E-state index >= 15 is 0 Å². The number of para-hydroxylation sites is 1. The number of hydrogen-bond donors (Lipinski definition) is 2. The number of phenolic OH excluding ortho intramolecular Hbond substituents is 1. The third-order valence-electron chi connectivity index (χ3n) is 5.70. The van der Waals surface area contributed by atoms with Crippen LogP contribution in [0.25, 0.3) is 11.4 Å². The van der Waals surface area contributed by atoms with Crippen LogP contribution in [0.4, 0.5) is 0 Å². The van der Waals surface area contributed by atoms with E-state index in [1.807, 2.05) is 35.2 Å². The number of hydrogen-bond acceptors (Lipinski definition) is 5. The van der Waals surface area contributed by atoms with Crippen molar-refractivity contribution in [3.8, 4) is 17.1 Å². The summed E-state index contributed by atoms with van der Waals surface area (Å²) in [5, 5.41) is 17.5. The van der Waals surface area contributed by atoms with Crippen LogP contribution in [-0.4, -0.2) is 43.4 Å². The van der Waals surface area contributed by atoms with Crippen molar-refractivity contribution in [3.63, 3.8) is 0 Å². The van der Waals surface area contributed by atoms with Gasteiger partial charge in [0.25, 0.3) is 0 Å². The number of carbonyl (C=O) groups is 1. The molecule has 1 aliphatic heterocycles. The molecular formula is C25H22N4O2S. The molecule has 1 atom stereocenters. The Balaban J connectivity index is 1.30. The number of aromatic hydroxyl groups is 1. The Morgan fingerprint density at radius 2 is 1.78 bits per heavy atom. The molecule has 4 aromatic rings. The van der Waals surface area contributed by atoms with Crippen molar-refractivity contribution >= 4 is 17.7 Å². The van der Waals surface area contributed by atoms with Gasteiger partial charge in [0.2, 0.25) is 11.1 Å². The van der Waals surface area contributed by atoms with Gasteiger partial charge in [0, 0.05) is 19.0 Å². The molecule has 6 nitrogen and oxygen atoms in total. The molecule has 0 fully saturated rings. The van der Waals surface area contributed by atoms with E-state index in [0.29, 0.717) is 29.6 Å². The molecule has 0 bridgehead atoms. The molecule has 32 heavy (non-hydrogen) atoms. The first-order valence-corrected chi connectivity index (χ1v) is 11.4. The zero-order valence-electron chi connectivity index (χ0n) is 17.3. The molecule has 2 N–H and O–H groups in total. The number of phenols is 1. The van der Waals surface area contributed by atoms with Gasteiger partial charge in [-0.15, -0.1) is 5.10 Å². The van der Waals surface area contributed by atoms with Gasteiger partial charge in [0.15, 0.2) is 5.82 Å². The number of nitrogens with zero attached hydrogens (tertiary/aromatic N) is 3. The molecule has 1 aliphatic rings. The lowest BCUT2D eigenvalue weighted by Gasteiger charge is -2.35. The van der Waals surface area contributed by atoms with Crippen molar-refractivity contribution in [1.29, 1.82) is 0 Å². The number of thioether (sulfide) groups is 1. The van der Waals surface area contributed by atoms with Crippen LogP contribution in [0.1, 0.15) is 22.6 Å². The molecule has 160 valence electrons. The van der Waals surface area contributed by atoms with E-state index in [9.17, 15) is 9.90 Å². The highest BCUT2D eigenvalue weighted by molar-refractivity contribution is 7.99. The van der Waals surface area contributed by atoms with Gasteiger partial charge in [-0.3, -0.25) is 9.89 Å². The monoisotopic (exact) mass is 442 g/mol. The number of fused-ring (bicyclic) bond motifs is 1. The largest absolute Gasteiger partial charge is 0.507 e. The third-order valence-corrected chi connectivity index (χ3v) is 6.53. The van der Waals surface area contributed by atoms with Crippen molar-refractivity contribution in [2.75, 3.05) is 12.3 Å². The highest BCUT2D eigenvalue weighted by atomic mass is 32.2. The molecular weight excluding hydrogens is 420 g/mol. The fourth-order valence-corrected chi connectivity index (χ4v) is 4.79. The maximum atomic E-state index is 13.1. The van der Waals surface area contributed by atoms with E-state index in [1.165, 1.54) is 28.5 Å². The number of carbonyl (C=O) groups excluding carboxylic acids is 1. The SMILES string of the molecule is O=C(CSc1n[nH]c(-c2ccccc2O)n1)N1Cc2ccccc2C(c2ccccc2)C1. The molecule has 5 rings (SSSR count). The van der Waals surface area contributed by atoms with E-state index in [2.05, 4.69) is 45.5 Å². The van der Waals surface area contributed by atoms with E-state index in [0.717, 1.165) is 0 Å². The summed E-state index contributed by atoms with van der Waals surface area (Å²) < 4.78 is 0. The van der Waals surface area contributed by atoms with Crippen molar-refractivity contribution in [1.82, 2.24) is 20.1 Å². The average molecular weight is 443 g/mol. The summed E-state index contributed by atoms with van der Waals surface area (Å²) in [7, 11) is 0. The molecule has 1 aromatic heterocycles. The Hall–Kier alpha value is -3.58. The number of nitrogens with one attached hydrogen (secondary N) is 1. The van der Waals surface area contributed by atoms with Gasteiger partial charge in [-0.05, 0) is 28.8 Å². The molecule has 1 unspecified atom stereocenters. The zero-order chi connectivity index (χ0) is 21.9. The predicted octanol–water partition coefficient (Wildman–Crippen LogP) is 4.44. The summed E-state index contributed by atoms with van der Waals surface area (Å²) in [6.07, 6.45) is 0. The molecule has 0 spiro atoms. The fourth-order valence-electron chi connectivity index (χ4n) is 4.09. The Morgan fingerprint density at radius 1 is 1.03 bits per heavy atom. The highest BCUT2D eigenvalue weighted by Crippen LogP contribution is 2.34. The molecule has 0 aliphatic carbocycles. The van der Waals surface area contributed by atoms with Crippen molar-refractivity contribution < 1.29 is 9.90 Å². The molecule has 1 amide bonds. The van der Waals surface area contributed by atoms with Crippen LogP contribution in [-0.2, 0) is 11.3 Å². The van der Waals surface area contributed by atoms with Gasteiger partial charge >= 0.3 is 0 Å². The Kier molecular flexibility index (Phi) is 5.64. The smallest absolute Gasteiger partial charge is 0.233 e. The third kappa shape index (κ3) is 4.11. The number of H-pyrrole nitrogens is 1. The van der Waals surface area contributed by atoms with Crippen LogP contribution in [0, 0.1) is 0 Å². The molecule has 0 saturated heterocycles. The standard InChI is InChI=1S/C25H22N4O2S/c30-22-13-7-6-12-20(22)24-26-25(28-27-24)32-16-23(31)29-14-18-10-4-5-11-19(18)21(15-29)17-8-2-1-3-9-17/h1-13,21,30H,14-16H2,(H,26,27,28). The summed E-state index contributed by atoms with van der Waals surface area (Å²) in [5.74, 6) is 1.08. The Labute approximate surface area is 190 Å². The van der Waals surface area contributed by atoms with Crippen LogP contribution in [0.2, 0.25) is 0 Å². The normalized spacial score (nSPS) is 15.4. The van der Waals surface area contributed by atoms with Gasteiger partial charge in [0.1, 0.15) is 5.75 Å². The average Bonchev–Trinajstić information content (AvgIpc) is 3.31. The predicted molar refractivity (Wildman–Crippen MR) is 124 cm³/mol. The second-order valence-electron chi connectivity index (χ2n) is 7.71. The van der Waals surface area contributed by atoms with Gasteiger partial charge in [-0.25, -0.2) is 4.98 Å². The molecule has 3 aromatic carbocycles. The van der Waals surface area contributed by atoms with Crippen LogP contribution >= 0.6 is 11.8 Å². The number of rotatable bonds is 5. The second-order valence-corrected chi connectivity index (χ2v) is 8.65. The molecule has 0 saturated carbocycles. The minimum Gasteiger partial charge on any atom is -0.507 e. The summed E-state index contributed by atoms with van der Waals surface area (Å²) in [4.78, 5) is 19.4. The minimum atomic E-state index is 0.0549. The van der Waals surface area contributed by atoms with Crippen molar-refractivity contribution in [2.45, 2.75) is 17.6 Å². The Morgan fingerprint density at radius 3 is 2.62 bits per heavy atom. The molecule has 2 heterocycles. The summed E-state index contributed by atoms with van der Waals surface area (Å²) in [5.41, 5.74) is 4.27. The quantitative estimate of drug-likeness (QED) is 0.447. The Bertz CT molecular complexity index is 1240. The number of aromatic amines is 1. The lowest BCUT2D eigenvalue weighted by atomic mass is 9.85. The van der Waals surface area contributed by atoms with Gasteiger partial charge in [-0.1, -0.05) is 78.5 Å². The van der Waals surface area contributed by atoms with Gasteiger partial charge in [0.05, 0.1) is 11.3 Å². The van der Waals surface area contributed by atoms with E-state index in [-0.39, 0.29) is 23.3 Å². The maximum absolute atomic E-state index is 13.1. The van der Waals surface area contributed by atoms with Gasteiger partial charge < -0.3 is 10.0 Å². The number of aromatic nitrogens is 3. The maximum Gasteiger partial charge on any atom is 0.233 e.